The van der Waals surface area contributed by atoms with Crippen molar-refractivity contribution in [1.29, 1.82) is 0 Å². The van der Waals surface area contributed by atoms with Crippen LogP contribution in [0.25, 0.3) is 11.1 Å². The topological polar surface area (TPSA) is 63.6 Å². The maximum atomic E-state index is 15.0. The number of carbonyl (C=O) groups excluding carboxylic acids is 1. The average molecular weight is 514 g/mol. The van der Waals surface area contributed by atoms with Gasteiger partial charge in [0.05, 0.1) is 17.4 Å². The summed E-state index contributed by atoms with van der Waals surface area (Å²) in [6.07, 6.45) is 1.87. The van der Waals surface area contributed by atoms with Gasteiger partial charge in [0.2, 0.25) is 0 Å². The van der Waals surface area contributed by atoms with Crippen LogP contribution in [0, 0.1) is 12.7 Å². The Morgan fingerprint density at radius 2 is 1.84 bits per heavy atom. The van der Waals surface area contributed by atoms with Crippen molar-refractivity contribution in [3.8, 4) is 11.1 Å². The summed E-state index contributed by atoms with van der Waals surface area (Å²) in [6, 6.07) is 23.1. The molecule has 0 aliphatic carbocycles. The van der Waals surface area contributed by atoms with Crippen LogP contribution in [0.3, 0.4) is 0 Å². The molecular formula is C30H25ClFN3O2. The minimum absolute atomic E-state index is 0.256. The summed E-state index contributed by atoms with van der Waals surface area (Å²) in [6.45, 7) is 3.74. The van der Waals surface area contributed by atoms with E-state index in [2.05, 4.69) is 15.5 Å². The first-order valence-electron chi connectivity index (χ1n) is 12.0. The first-order valence-corrected chi connectivity index (χ1v) is 12.4. The Bertz CT molecular complexity index is 1470. The van der Waals surface area contributed by atoms with Crippen molar-refractivity contribution in [3.63, 3.8) is 0 Å². The molecule has 0 radical (unpaired) electrons. The first kappa shape index (κ1) is 24.7. The molecule has 1 amide bonds. The maximum Gasteiger partial charge on any atom is 0.251 e. The van der Waals surface area contributed by atoms with E-state index < -0.39 is 0 Å². The summed E-state index contributed by atoms with van der Waals surface area (Å²) in [5.41, 5.74) is 5.28. The number of aryl methyl sites for hydroxylation is 1. The summed E-state index contributed by atoms with van der Waals surface area (Å²) in [5.74, 6) is -0.632. The van der Waals surface area contributed by atoms with Crippen LogP contribution in [0.4, 0.5) is 4.39 Å². The predicted octanol–water partition coefficient (Wildman–Crippen LogP) is 7.21. The normalized spacial score (nSPS) is 15.6. The van der Waals surface area contributed by atoms with Crippen LogP contribution >= 0.6 is 11.6 Å². The monoisotopic (exact) mass is 513 g/mol. The number of benzene rings is 3. The SMILES string of the molecule is Cc1ccc(-c2cc(C(=O)N[C@H](C)c3ccc(Cl)cc3)cc(C3=NOC(c4ccccn4)C3)c2)c(F)c1. The standard InChI is InChI=1S/C30H25ClFN3O2/c1-18-6-11-25(26(32)13-18)21-14-22(28-17-29(37-35-28)27-5-3-4-12-33-27)16-23(15-21)30(36)34-19(2)20-7-9-24(31)10-8-20/h3-16,19,29H,17H2,1-2H3,(H,34,36)/t19-,29?/m1/s1. The van der Waals surface area contributed by atoms with Crippen molar-refractivity contribution >= 4 is 23.2 Å². The Hall–Kier alpha value is -4.03. The van der Waals surface area contributed by atoms with E-state index in [0.29, 0.717) is 39.4 Å². The van der Waals surface area contributed by atoms with Crippen molar-refractivity contribution in [2.75, 3.05) is 0 Å². The third-order valence-corrected chi connectivity index (χ3v) is 6.62. The zero-order valence-corrected chi connectivity index (χ0v) is 21.2. The molecule has 37 heavy (non-hydrogen) atoms. The number of hydrogen-bond acceptors (Lipinski definition) is 4. The molecule has 2 atom stereocenters. The molecule has 0 bridgehead atoms. The minimum atomic E-state index is -0.353. The molecule has 7 heteroatoms. The van der Waals surface area contributed by atoms with Gasteiger partial charge in [0.25, 0.3) is 5.91 Å². The smallest absolute Gasteiger partial charge is 0.251 e. The molecule has 1 N–H and O–H groups in total. The second-order valence-corrected chi connectivity index (χ2v) is 9.56. The number of aromatic nitrogens is 1. The number of rotatable bonds is 6. The number of nitrogens with zero attached hydrogens (tertiary/aromatic N) is 2. The Morgan fingerprint density at radius 1 is 1.05 bits per heavy atom. The van der Waals surface area contributed by atoms with E-state index in [4.69, 9.17) is 16.4 Å². The van der Waals surface area contributed by atoms with Crippen molar-refractivity contribution in [2.24, 2.45) is 5.16 Å². The summed E-state index contributed by atoms with van der Waals surface area (Å²) >= 11 is 6.00. The highest BCUT2D eigenvalue weighted by Crippen LogP contribution is 2.32. The molecule has 1 aliphatic rings. The quantitative estimate of drug-likeness (QED) is 0.296. The fourth-order valence-corrected chi connectivity index (χ4v) is 4.45. The molecule has 0 saturated carbocycles. The van der Waals surface area contributed by atoms with Gasteiger partial charge in [0, 0.05) is 34.3 Å². The van der Waals surface area contributed by atoms with E-state index >= 15 is 0 Å². The van der Waals surface area contributed by atoms with E-state index in [1.807, 2.05) is 56.3 Å². The summed E-state index contributed by atoms with van der Waals surface area (Å²) in [5, 5.41) is 7.95. The zero-order valence-electron chi connectivity index (χ0n) is 20.4. The molecule has 3 aromatic carbocycles. The summed E-state index contributed by atoms with van der Waals surface area (Å²) < 4.78 is 15.0. The second kappa shape index (κ2) is 10.5. The molecule has 5 nitrogen and oxygen atoms in total. The van der Waals surface area contributed by atoms with Gasteiger partial charge in [0.1, 0.15) is 5.82 Å². The van der Waals surface area contributed by atoms with E-state index in [1.54, 1.807) is 36.5 Å². The molecule has 0 fully saturated rings. The highest BCUT2D eigenvalue weighted by molar-refractivity contribution is 6.30. The van der Waals surface area contributed by atoms with Crippen LogP contribution in [0.5, 0.6) is 0 Å². The van der Waals surface area contributed by atoms with Crippen molar-refractivity contribution in [3.05, 3.63) is 124 Å². The number of amides is 1. The fraction of sp³-hybridized carbons (Fsp3) is 0.167. The van der Waals surface area contributed by atoms with Crippen LogP contribution in [0.15, 0.2) is 90.2 Å². The third-order valence-electron chi connectivity index (χ3n) is 6.37. The van der Waals surface area contributed by atoms with Crippen LogP contribution < -0.4 is 5.32 Å². The van der Waals surface area contributed by atoms with Gasteiger partial charge in [-0.05, 0) is 79.1 Å². The molecule has 1 unspecified atom stereocenters. The van der Waals surface area contributed by atoms with Gasteiger partial charge in [-0.2, -0.15) is 0 Å². The largest absolute Gasteiger partial charge is 0.385 e. The lowest BCUT2D eigenvalue weighted by molar-refractivity contribution is 0.0826. The number of oxime groups is 1. The van der Waals surface area contributed by atoms with E-state index in [0.717, 1.165) is 16.8 Å². The highest BCUT2D eigenvalue weighted by Gasteiger charge is 2.26. The molecule has 1 aliphatic heterocycles. The van der Waals surface area contributed by atoms with Crippen LogP contribution in [0.1, 0.15) is 58.2 Å². The lowest BCUT2D eigenvalue weighted by Gasteiger charge is -2.16. The molecular weight excluding hydrogens is 489 g/mol. The molecule has 0 spiro atoms. The Balaban J connectivity index is 1.48. The van der Waals surface area contributed by atoms with Gasteiger partial charge in [0.15, 0.2) is 6.10 Å². The molecule has 4 aromatic rings. The minimum Gasteiger partial charge on any atom is -0.385 e. The lowest BCUT2D eigenvalue weighted by Crippen LogP contribution is -2.27. The molecule has 186 valence electrons. The van der Waals surface area contributed by atoms with Gasteiger partial charge >= 0.3 is 0 Å². The average Bonchev–Trinajstić information content (AvgIpc) is 3.40. The predicted molar refractivity (Wildman–Crippen MR) is 143 cm³/mol. The van der Waals surface area contributed by atoms with E-state index in [9.17, 15) is 9.18 Å². The fourth-order valence-electron chi connectivity index (χ4n) is 4.32. The van der Waals surface area contributed by atoms with Crippen LogP contribution in [-0.4, -0.2) is 16.6 Å². The summed E-state index contributed by atoms with van der Waals surface area (Å²) in [4.78, 5) is 23.4. The van der Waals surface area contributed by atoms with Crippen LogP contribution in [-0.2, 0) is 4.84 Å². The molecule has 1 aromatic heterocycles. The number of halogens is 2. The van der Waals surface area contributed by atoms with Gasteiger partial charge in [-0.25, -0.2) is 4.39 Å². The number of nitrogens with one attached hydrogen (secondary N) is 1. The molecule has 2 heterocycles. The van der Waals surface area contributed by atoms with Gasteiger partial charge in [-0.15, -0.1) is 0 Å². The Kier molecular flexibility index (Phi) is 7.01. The van der Waals surface area contributed by atoms with E-state index in [1.165, 1.54) is 6.07 Å². The number of hydrogen-bond donors (Lipinski definition) is 1. The number of pyridine rings is 1. The molecule has 5 rings (SSSR count). The zero-order chi connectivity index (χ0) is 25.9. The van der Waals surface area contributed by atoms with Crippen molar-refractivity contribution in [2.45, 2.75) is 32.4 Å². The lowest BCUT2D eigenvalue weighted by atomic mass is 9.94. The third kappa shape index (κ3) is 5.54. The second-order valence-electron chi connectivity index (χ2n) is 9.12. The van der Waals surface area contributed by atoms with Crippen molar-refractivity contribution in [1.82, 2.24) is 10.3 Å². The number of carbonyl (C=O) groups is 1. The van der Waals surface area contributed by atoms with Gasteiger partial charge in [-0.3, -0.25) is 9.78 Å². The van der Waals surface area contributed by atoms with Crippen molar-refractivity contribution < 1.29 is 14.0 Å². The molecule has 0 saturated heterocycles. The van der Waals surface area contributed by atoms with E-state index in [-0.39, 0.29) is 23.9 Å². The van der Waals surface area contributed by atoms with Gasteiger partial charge in [-0.1, -0.05) is 47.1 Å². The first-order chi connectivity index (χ1) is 17.9. The van der Waals surface area contributed by atoms with Gasteiger partial charge < -0.3 is 10.2 Å². The van der Waals surface area contributed by atoms with Crippen LogP contribution in [0.2, 0.25) is 5.02 Å². The summed E-state index contributed by atoms with van der Waals surface area (Å²) in [7, 11) is 0. The Morgan fingerprint density at radius 3 is 2.57 bits per heavy atom. The highest BCUT2D eigenvalue weighted by atomic mass is 35.5. The Labute approximate surface area is 220 Å². The maximum absolute atomic E-state index is 15.0.